The third-order valence-electron chi connectivity index (χ3n) is 4.41. The Hall–Kier alpha value is -0.0800. The van der Waals surface area contributed by atoms with E-state index in [-0.39, 0.29) is 5.54 Å². The molecule has 1 atom stereocenters. The largest absolute Gasteiger partial charge is 0.311 e. The second-order valence-electron chi connectivity index (χ2n) is 8.47. The van der Waals surface area contributed by atoms with Crippen LogP contribution >= 0.6 is 0 Å². The van der Waals surface area contributed by atoms with Gasteiger partial charge in [-0.1, -0.05) is 40.5 Å². The van der Waals surface area contributed by atoms with Crippen LogP contribution in [0.2, 0.25) is 0 Å². The zero-order chi connectivity index (χ0) is 15.3. The Kier molecular flexibility index (Phi) is 7.00. The van der Waals surface area contributed by atoms with Gasteiger partial charge in [-0.05, 0) is 45.4 Å². The molecule has 1 N–H and O–H groups in total. The van der Waals surface area contributed by atoms with Crippen molar-refractivity contribution in [3.8, 4) is 0 Å². The second kappa shape index (κ2) is 7.79. The van der Waals surface area contributed by atoms with Gasteiger partial charge in [0.2, 0.25) is 0 Å². The topological polar surface area (TPSA) is 15.3 Å². The maximum Gasteiger partial charge on any atom is 0.0246 e. The molecule has 0 heterocycles. The molecule has 0 aliphatic heterocycles. The first-order valence-corrected chi connectivity index (χ1v) is 8.71. The molecule has 1 saturated carbocycles. The summed E-state index contributed by atoms with van der Waals surface area (Å²) < 4.78 is 0. The zero-order valence-corrected chi connectivity index (χ0v) is 15.0. The molecule has 120 valence electrons. The summed E-state index contributed by atoms with van der Waals surface area (Å²) in [5, 5.41) is 3.74. The van der Waals surface area contributed by atoms with Gasteiger partial charge < -0.3 is 5.32 Å². The molecular weight excluding hydrogens is 244 g/mol. The fourth-order valence-corrected chi connectivity index (χ4v) is 3.36. The maximum absolute atomic E-state index is 3.74. The van der Waals surface area contributed by atoms with E-state index >= 15 is 0 Å². The molecule has 1 aliphatic carbocycles. The molecule has 0 saturated heterocycles. The minimum atomic E-state index is 0.215. The van der Waals surface area contributed by atoms with E-state index in [4.69, 9.17) is 0 Å². The third kappa shape index (κ3) is 6.13. The van der Waals surface area contributed by atoms with Gasteiger partial charge in [-0.25, -0.2) is 0 Å². The molecule has 20 heavy (non-hydrogen) atoms. The van der Waals surface area contributed by atoms with Gasteiger partial charge in [0.1, 0.15) is 0 Å². The van der Waals surface area contributed by atoms with E-state index < -0.39 is 0 Å². The number of hydrogen-bond donors (Lipinski definition) is 1. The van der Waals surface area contributed by atoms with Crippen molar-refractivity contribution < 1.29 is 0 Å². The molecular formula is C18H38N2. The Bertz CT molecular complexity index is 259. The van der Waals surface area contributed by atoms with E-state index in [2.05, 4.69) is 58.7 Å². The highest BCUT2D eigenvalue weighted by molar-refractivity contribution is 4.87. The molecule has 1 fully saturated rings. The molecule has 0 aromatic heterocycles. The van der Waals surface area contributed by atoms with Gasteiger partial charge in [0.25, 0.3) is 0 Å². The van der Waals surface area contributed by atoms with Crippen LogP contribution in [-0.4, -0.2) is 35.6 Å². The lowest BCUT2D eigenvalue weighted by Gasteiger charge is -2.41. The highest BCUT2D eigenvalue weighted by Crippen LogP contribution is 2.28. The van der Waals surface area contributed by atoms with Crippen molar-refractivity contribution in [2.24, 2.45) is 11.8 Å². The lowest BCUT2D eigenvalue weighted by Crippen LogP contribution is -2.53. The zero-order valence-electron chi connectivity index (χ0n) is 15.0. The van der Waals surface area contributed by atoms with Gasteiger partial charge in [-0.2, -0.15) is 0 Å². The standard InChI is InChI=1S/C18H38N2/c1-14(2)13-20(16-10-8-9-11-16)17(15(3)4)12-19-18(5,6)7/h14-17,19H,8-13H2,1-7H3. The van der Waals surface area contributed by atoms with Crippen molar-refractivity contribution in [3.05, 3.63) is 0 Å². The van der Waals surface area contributed by atoms with E-state index in [0.717, 1.165) is 18.5 Å². The molecule has 0 aromatic rings. The first kappa shape index (κ1) is 18.0. The Morgan fingerprint density at radius 3 is 2.00 bits per heavy atom. The minimum absolute atomic E-state index is 0.215. The quantitative estimate of drug-likeness (QED) is 0.749. The predicted octanol–water partition coefficient (Wildman–Crippen LogP) is 4.30. The normalized spacial score (nSPS) is 19.5. The Balaban J connectivity index is 2.75. The fourth-order valence-electron chi connectivity index (χ4n) is 3.36. The monoisotopic (exact) mass is 282 g/mol. The van der Waals surface area contributed by atoms with Gasteiger partial charge in [0.05, 0.1) is 0 Å². The van der Waals surface area contributed by atoms with Crippen molar-refractivity contribution in [3.63, 3.8) is 0 Å². The summed E-state index contributed by atoms with van der Waals surface area (Å²) in [6, 6.07) is 1.49. The van der Waals surface area contributed by atoms with Crippen LogP contribution in [0.25, 0.3) is 0 Å². The summed E-state index contributed by atoms with van der Waals surface area (Å²) in [6.07, 6.45) is 5.67. The van der Waals surface area contributed by atoms with Crippen LogP contribution in [0.1, 0.15) is 74.1 Å². The number of rotatable bonds is 7. The Morgan fingerprint density at radius 2 is 1.60 bits per heavy atom. The highest BCUT2D eigenvalue weighted by Gasteiger charge is 2.31. The van der Waals surface area contributed by atoms with E-state index in [1.807, 2.05) is 0 Å². The van der Waals surface area contributed by atoms with Crippen molar-refractivity contribution in [2.45, 2.75) is 91.8 Å². The van der Waals surface area contributed by atoms with Crippen molar-refractivity contribution >= 4 is 0 Å². The lowest BCUT2D eigenvalue weighted by molar-refractivity contribution is 0.0833. The number of hydrogen-bond acceptors (Lipinski definition) is 2. The van der Waals surface area contributed by atoms with Crippen LogP contribution in [0, 0.1) is 11.8 Å². The van der Waals surface area contributed by atoms with Crippen LogP contribution in [0.5, 0.6) is 0 Å². The predicted molar refractivity (Wildman–Crippen MR) is 90.2 cm³/mol. The summed E-state index contributed by atoms with van der Waals surface area (Å²) in [6.45, 7) is 18.7. The highest BCUT2D eigenvalue weighted by atomic mass is 15.2. The molecule has 2 nitrogen and oxygen atoms in total. The van der Waals surface area contributed by atoms with Gasteiger partial charge in [-0.15, -0.1) is 0 Å². The van der Waals surface area contributed by atoms with Gasteiger partial charge in [0, 0.05) is 30.7 Å². The molecule has 0 aromatic carbocycles. The van der Waals surface area contributed by atoms with Crippen LogP contribution in [0.15, 0.2) is 0 Å². The van der Waals surface area contributed by atoms with Crippen LogP contribution in [0.4, 0.5) is 0 Å². The van der Waals surface area contributed by atoms with Crippen LogP contribution < -0.4 is 5.32 Å². The van der Waals surface area contributed by atoms with E-state index in [1.165, 1.54) is 32.2 Å². The smallest absolute Gasteiger partial charge is 0.0246 e. The number of nitrogens with zero attached hydrogens (tertiary/aromatic N) is 1. The fraction of sp³-hybridized carbons (Fsp3) is 1.00. The van der Waals surface area contributed by atoms with Crippen LogP contribution in [0.3, 0.4) is 0 Å². The maximum atomic E-state index is 3.74. The van der Waals surface area contributed by atoms with Crippen LogP contribution in [-0.2, 0) is 0 Å². The molecule has 0 radical (unpaired) electrons. The van der Waals surface area contributed by atoms with Crippen molar-refractivity contribution in [1.29, 1.82) is 0 Å². The van der Waals surface area contributed by atoms with Gasteiger partial charge in [0.15, 0.2) is 0 Å². The SMILES string of the molecule is CC(C)CN(C1CCCC1)C(CNC(C)(C)C)C(C)C. The molecule has 1 aliphatic rings. The molecule has 1 rings (SSSR count). The second-order valence-corrected chi connectivity index (χ2v) is 8.47. The summed E-state index contributed by atoms with van der Waals surface area (Å²) in [4.78, 5) is 2.83. The summed E-state index contributed by atoms with van der Waals surface area (Å²) in [5.41, 5.74) is 0.215. The summed E-state index contributed by atoms with van der Waals surface area (Å²) in [5.74, 6) is 1.47. The first-order chi connectivity index (χ1) is 9.20. The Morgan fingerprint density at radius 1 is 1.05 bits per heavy atom. The number of nitrogens with one attached hydrogen (secondary N) is 1. The molecule has 1 unspecified atom stereocenters. The lowest BCUT2D eigenvalue weighted by atomic mass is 9.96. The Labute approximate surface area is 127 Å². The van der Waals surface area contributed by atoms with Crippen molar-refractivity contribution in [1.82, 2.24) is 10.2 Å². The average Bonchev–Trinajstić information content (AvgIpc) is 2.78. The summed E-state index contributed by atoms with van der Waals surface area (Å²) >= 11 is 0. The van der Waals surface area contributed by atoms with Crippen molar-refractivity contribution in [2.75, 3.05) is 13.1 Å². The van der Waals surface area contributed by atoms with E-state index in [0.29, 0.717) is 12.0 Å². The third-order valence-corrected chi connectivity index (χ3v) is 4.41. The van der Waals surface area contributed by atoms with Gasteiger partial charge in [-0.3, -0.25) is 4.90 Å². The molecule has 2 heteroatoms. The minimum Gasteiger partial charge on any atom is -0.311 e. The van der Waals surface area contributed by atoms with E-state index in [9.17, 15) is 0 Å². The molecule has 0 amide bonds. The van der Waals surface area contributed by atoms with E-state index in [1.54, 1.807) is 0 Å². The first-order valence-electron chi connectivity index (χ1n) is 8.71. The van der Waals surface area contributed by atoms with Gasteiger partial charge >= 0.3 is 0 Å². The molecule has 0 bridgehead atoms. The molecule has 0 spiro atoms. The summed E-state index contributed by atoms with van der Waals surface area (Å²) in [7, 11) is 0. The average molecular weight is 283 g/mol.